The second-order valence-electron chi connectivity index (χ2n) is 12.6. The Morgan fingerprint density at radius 1 is 0.556 bits per heavy atom. The number of aliphatic hydroxyl groups is 1. The van der Waals surface area contributed by atoms with Crippen LogP contribution in [0.2, 0.25) is 0 Å². The number of rotatable bonds is 35. The van der Waals surface area contributed by atoms with Crippen molar-refractivity contribution in [1.82, 2.24) is 0 Å². The normalized spacial score (nSPS) is 12.9. The van der Waals surface area contributed by atoms with E-state index in [1.807, 2.05) is 0 Å². The molecule has 1 N–H and O–H groups in total. The lowest BCUT2D eigenvalue weighted by Gasteiger charge is -2.15. The lowest BCUT2D eigenvalue weighted by atomic mass is 10.1. The summed E-state index contributed by atoms with van der Waals surface area (Å²) in [6.45, 7) is 5.19. The largest absolute Gasteiger partial charge is 0.457 e. The van der Waals surface area contributed by atoms with Gasteiger partial charge in [-0.3, -0.25) is 4.79 Å². The summed E-state index contributed by atoms with van der Waals surface area (Å²) < 4.78 is 11.1. The molecule has 0 heterocycles. The fourth-order valence-corrected chi connectivity index (χ4v) is 5.28. The number of hydrogen-bond donors (Lipinski definition) is 1. The summed E-state index contributed by atoms with van der Waals surface area (Å²) >= 11 is 0. The molecular weight excluding hydrogens is 556 g/mol. The molecule has 262 valence electrons. The minimum atomic E-state index is -0.549. The summed E-state index contributed by atoms with van der Waals surface area (Å²) in [6, 6.07) is 0. The van der Waals surface area contributed by atoms with Crippen molar-refractivity contribution in [3.05, 3.63) is 48.6 Å². The quantitative estimate of drug-likeness (QED) is 0.0430. The van der Waals surface area contributed by atoms with Gasteiger partial charge in [0.15, 0.2) is 0 Å². The molecule has 4 nitrogen and oxygen atoms in total. The molecule has 0 fully saturated rings. The van der Waals surface area contributed by atoms with Gasteiger partial charge in [-0.15, -0.1) is 0 Å². The van der Waals surface area contributed by atoms with Crippen molar-refractivity contribution in [3.63, 3.8) is 0 Å². The van der Waals surface area contributed by atoms with Crippen LogP contribution in [0.4, 0.5) is 0 Å². The summed E-state index contributed by atoms with van der Waals surface area (Å²) in [5.74, 6) is -0.230. The van der Waals surface area contributed by atoms with Crippen LogP contribution in [0.15, 0.2) is 48.6 Å². The van der Waals surface area contributed by atoms with E-state index >= 15 is 0 Å². The topological polar surface area (TPSA) is 55.8 Å². The summed E-state index contributed by atoms with van der Waals surface area (Å²) in [7, 11) is 0. The number of carbonyl (C=O) groups is 1. The zero-order valence-corrected chi connectivity index (χ0v) is 29.9. The molecule has 0 aliphatic carbocycles. The molecule has 1 unspecified atom stereocenters. The molecule has 0 radical (unpaired) electrons. The Morgan fingerprint density at radius 2 is 1.00 bits per heavy atom. The Bertz CT molecular complexity index is 708. The Kier molecular flexibility index (Phi) is 37.1. The number of aliphatic hydroxyl groups excluding tert-OH is 1. The highest BCUT2D eigenvalue weighted by Gasteiger charge is 2.13. The smallest absolute Gasteiger partial charge is 0.306 e. The molecule has 0 aromatic heterocycles. The maximum absolute atomic E-state index is 12.1. The molecular formula is C41H74O4. The number of ether oxygens (including phenoxy) is 2. The van der Waals surface area contributed by atoms with E-state index in [0.29, 0.717) is 13.0 Å². The number of carbonyl (C=O) groups excluding carboxylic acids is 1. The molecule has 0 bridgehead atoms. The Hall–Kier alpha value is -1.65. The van der Waals surface area contributed by atoms with E-state index in [2.05, 4.69) is 62.5 Å². The predicted octanol–water partition coefficient (Wildman–Crippen LogP) is 12.3. The standard InChI is InChI=1S/C41H74O4/c1-3-5-7-9-11-13-15-17-18-19-20-21-22-23-25-27-29-31-33-35-37-44-39-40(38-42)45-41(43)36-34-32-30-28-26-24-16-14-12-10-8-6-4-2/h6,8,12,14,17-18,24,26,40,42H,3-5,7,9-11,13,15-16,19-23,25,27-39H2,1-2H3/b8-6-,14-12-,18-17-,26-24-. The number of esters is 1. The molecule has 0 aliphatic rings. The zero-order valence-electron chi connectivity index (χ0n) is 29.9. The van der Waals surface area contributed by atoms with Crippen molar-refractivity contribution >= 4 is 5.97 Å². The van der Waals surface area contributed by atoms with Crippen molar-refractivity contribution in [1.29, 1.82) is 0 Å². The Morgan fingerprint density at radius 3 is 1.53 bits per heavy atom. The number of hydrogen-bond acceptors (Lipinski definition) is 4. The van der Waals surface area contributed by atoms with Crippen LogP contribution in [0.25, 0.3) is 0 Å². The molecule has 1 atom stereocenters. The SMILES string of the molecule is CC/C=C\C/C=C\C/C=C\CCCCCC(=O)OC(CO)COCCCCCCCCCCCC/C=C\CCCCCCCC. The first-order chi connectivity index (χ1) is 22.2. The molecule has 0 aliphatic heterocycles. The molecule has 0 aromatic carbocycles. The van der Waals surface area contributed by atoms with E-state index in [1.54, 1.807) is 0 Å². The molecule has 45 heavy (non-hydrogen) atoms. The van der Waals surface area contributed by atoms with Gasteiger partial charge in [-0.05, 0) is 70.6 Å². The van der Waals surface area contributed by atoms with Crippen LogP contribution in [-0.2, 0) is 14.3 Å². The Labute approximate surface area is 280 Å². The third kappa shape index (κ3) is 36.7. The zero-order chi connectivity index (χ0) is 32.7. The fourth-order valence-electron chi connectivity index (χ4n) is 5.28. The van der Waals surface area contributed by atoms with E-state index in [4.69, 9.17) is 9.47 Å². The molecule has 0 aromatic rings. The number of allylic oxidation sites excluding steroid dienone is 8. The molecule has 0 saturated carbocycles. The van der Waals surface area contributed by atoms with Gasteiger partial charge in [-0.25, -0.2) is 0 Å². The van der Waals surface area contributed by atoms with E-state index in [0.717, 1.165) is 51.4 Å². The van der Waals surface area contributed by atoms with E-state index in [9.17, 15) is 9.90 Å². The van der Waals surface area contributed by atoms with Crippen molar-refractivity contribution in [2.75, 3.05) is 19.8 Å². The summed E-state index contributed by atoms with van der Waals surface area (Å²) in [5.41, 5.74) is 0. The van der Waals surface area contributed by atoms with Gasteiger partial charge < -0.3 is 14.6 Å². The first kappa shape index (κ1) is 43.4. The average Bonchev–Trinajstić information content (AvgIpc) is 3.05. The van der Waals surface area contributed by atoms with Crippen LogP contribution >= 0.6 is 0 Å². The molecule has 4 heteroatoms. The maximum atomic E-state index is 12.1. The van der Waals surface area contributed by atoms with Crippen LogP contribution in [-0.4, -0.2) is 37.0 Å². The van der Waals surface area contributed by atoms with Crippen molar-refractivity contribution in [3.8, 4) is 0 Å². The highest BCUT2D eigenvalue weighted by atomic mass is 16.6. The van der Waals surface area contributed by atoms with Crippen molar-refractivity contribution in [2.24, 2.45) is 0 Å². The van der Waals surface area contributed by atoms with Gasteiger partial charge in [-0.1, -0.05) is 152 Å². The van der Waals surface area contributed by atoms with Gasteiger partial charge in [0.25, 0.3) is 0 Å². The van der Waals surface area contributed by atoms with E-state index in [-0.39, 0.29) is 19.2 Å². The first-order valence-electron chi connectivity index (χ1n) is 19.2. The van der Waals surface area contributed by atoms with Crippen molar-refractivity contribution in [2.45, 2.75) is 187 Å². The second kappa shape index (κ2) is 38.5. The number of unbranched alkanes of at least 4 members (excludes halogenated alkanes) is 19. The van der Waals surface area contributed by atoms with Crippen LogP contribution < -0.4 is 0 Å². The van der Waals surface area contributed by atoms with Gasteiger partial charge in [0, 0.05) is 13.0 Å². The monoisotopic (exact) mass is 631 g/mol. The third-order valence-corrected chi connectivity index (χ3v) is 8.14. The van der Waals surface area contributed by atoms with Crippen LogP contribution in [0.3, 0.4) is 0 Å². The molecule has 0 amide bonds. The fraction of sp³-hybridized carbons (Fsp3) is 0.780. The summed E-state index contributed by atoms with van der Waals surface area (Å²) in [6.07, 6.45) is 48.8. The Balaban J connectivity index is 3.45. The highest BCUT2D eigenvalue weighted by Crippen LogP contribution is 2.13. The van der Waals surface area contributed by atoms with Crippen LogP contribution in [0.5, 0.6) is 0 Å². The average molecular weight is 631 g/mol. The predicted molar refractivity (Wildman–Crippen MR) is 196 cm³/mol. The minimum absolute atomic E-state index is 0.185. The van der Waals surface area contributed by atoms with Gasteiger partial charge in [-0.2, -0.15) is 0 Å². The summed E-state index contributed by atoms with van der Waals surface area (Å²) in [4.78, 5) is 12.1. The van der Waals surface area contributed by atoms with E-state index < -0.39 is 6.10 Å². The third-order valence-electron chi connectivity index (χ3n) is 8.14. The molecule has 0 spiro atoms. The molecule has 0 saturated heterocycles. The van der Waals surface area contributed by atoms with Gasteiger partial charge >= 0.3 is 5.97 Å². The minimum Gasteiger partial charge on any atom is -0.457 e. The summed E-state index contributed by atoms with van der Waals surface area (Å²) in [5, 5.41) is 9.55. The van der Waals surface area contributed by atoms with Crippen LogP contribution in [0, 0.1) is 0 Å². The first-order valence-corrected chi connectivity index (χ1v) is 19.2. The maximum Gasteiger partial charge on any atom is 0.306 e. The lowest BCUT2D eigenvalue weighted by Crippen LogP contribution is -2.27. The highest BCUT2D eigenvalue weighted by molar-refractivity contribution is 5.69. The molecule has 0 rings (SSSR count). The van der Waals surface area contributed by atoms with E-state index in [1.165, 1.54) is 109 Å². The van der Waals surface area contributed by atoms with Gasteiger partial charge in [0.2, 0.25) is 0 Å². The second-order valence-corrected chi connectivity index (χ2v) is 12.6. The lowest BCUT2D eigenvalue weighted by molar-refractivity contribution is -0.154. The van der Waals surface area contributed by atoms with Gasteiger partial charge in [0.05, 0.1) is 13.2 Å². The van der Waals surface area contributed by atoms with Gasteiger partial charge in [0.1, 0.15) is 6.10 Å². The van der Waals surface area contributed by atoms with Crippen molar-refractivity contribution < 1.29 is 19.4 Å². The van der Waals surface area contributed by atoms with Crippen LogP contribution in [0.1, 0.15) is 181 Å².